The van der Waals surface area contributed by atoms with Gasteiger partial charge in [-0.2, -0.15) is 0 Å². The van der Waals surface area contributed by atoms with Gasteiger partial charge in [0, 0.05) is 53.3 Å². The summed E-state index contributed by atoms with van der Waals surface area (Å²) in [5, 5.41) is 1.03. The summed E-state index contributed by atoms with van der Waals surface area (Å²) >= 11 is 0.329. The van der Waals surface area contributed by atoms with Crippen molar-refractivity contribution in [1.82, 2.24) is 24.5 Å². The number of pyridine rings is 1. The Morgan fingerprint density at radius 2 is 2.04 bits per heavy atom. The third-order valence-electron chi connectivity index (χ3n) is 5.04. The molecule has 1 aliphatic rings. The average Bonchev–Trinajstić information content (AvgIpc) is 3.24. The highest BCUT2D eigenvalue weighted by molar-refractivity contribution is 7.94. The highest BCUT2D eigenvalue weighted by atomic mass is 32.2. The molecule has 0 saturated heterocycles. The maximum Gasteiger partial charge on any atom is 0.232 e. The van der Waals surface area contributed by atoms with Gasteiger partial charge < -0.3 is 14.9 Å². The molecular formula is C19H18N6OS2. The summed E-state index contributed by atoms with van der Waals surface area (Å²) < 4.78 is 15.6. The molecular weight excluding hydrogens is 392 g/mol. The first kappa shape index (κ1) is 17.6. The van der Waals surface area contributed by atoms with E-state index < -0.39 is 11.2 Å². The molecule has 0 bridgehead atoms. The van der Waals surface area contributed by atoms with Crippen molar-refractivity contribution >= 4 is 38.4 Å². The molecule has 4 aromatic heterocycles. The van der Waals surface area contributed by atoms with E-state index in [2.05, 4.69) is 15.0 Å². The van der Waals surface area contributed by atoms with E-state index in [1.165, 1.54) is 17.7 Å². The Morgan fingerprint density at radius 3 is 2.68 bits per heavy atom. The van der Waals surface area contributed by atoms with Crippen molar-refractivity contribution in [2.75, 3.05) is 5.73 Å². The zero-order chi connectivity index (χ0) is 19.3. The molecule has 0 unspecified atom stereocenters. The Bertz CT molecular complexity index is 1150. The zero-order valence-electron chi connectivity index (χ0n) is 15.2. The van der Waals surface area contributed by atoms with Crippen LogP contribution in [0.15, 0.2) is 41.5 Å². The lowest BCUT2D eigenvalue weighted by Crippen LogP contribution is -2.28. The maximum atomic E-state index is 13.0. The van der Waals surface area contributed by atoms with Gasteiger partial charge in [-0.1, -0.05) is 11.3 Å². The number of nitrogens with zero attached hydrogens (tertiary/aromatic N) is 5. The van der Waals surface area contributed by atoms with Crippen molar-refractivity contribution < 1.29 is 4.55 Å². The van der Waals surface area contributed by atoms with E-state index in [0.29, 0.717) is 5.69 Å². The summed E-state index contributed by atoms with van der Waals surface area (Å²) in [6.45, 7) is 0. The lowest BCUT2D eigenvalue weighted by atomic mass is 10.0. The minimum Gasteiger partial charge on any atom is -0.611 e. The molecule has 1 fully saturated rings. The molecule has 0 amide bonds. The highest BCUT2D eigenvalue weighted by Crippen LogP contribution is 2.45. The molecule has 28 heavy (non-hydrogen) atoms. The third-order valence-corrected chi connectivity index (χ3v) is 8.34. The van der Waals surface area contributed by atoms with Gasteiger partial charge in [0.2, 0.25) is 4.21 Å². The van der Waals surface area contributed by atoms with E-state index in [1.54, 1.807) is 18.7 Å². The molecule has 2 N–H and O–H groups in total. The topological polar surface area (TPSA) is 106 Å². The first-order valence-corrected chi connectivity index (χ1v) is 11.0. The number of fused-ring (bicyclic) bond motifs is 1. The van der Waals surface area contributed by atoms with Crippen LogP contribution >= 0.6 is 11.3 Å². The molecule has 0 aromatic carbocycles. The number of thiophene rings is 1. The molecule has 4 aromatic rings. The van der Waals surface area contributed by atoms with Crippen molar-refractivity contribution in [3.8, 4) is 22.5 Å². The molecule has 5 rings (SSSR count). The van der Waals surface area contributed by atoms with Gasteiger partial charge in [-0.3, -0.25) is 0 Å². The number of hydrogen-bond donors (Lipinski definition) is 1. The van der Waals surface area contributed by atoms with E-state index in [-0.39, 0.29) is 5.25 Å². The lowest BCUT2D eigenvalue weighted by Gasteiger charge is -2.26. The number of nitrogens with two attached hydrogens (primary N) is 1. The van der Waals surface area contributed by atoms with Gasteiger partial charge in [0.1, 0.15) is 22.1 Å². The number of imidazole rings is 1. The Labute approximate surface area is 168 Å². The summed E-state index contributed by atoms with van der Waals surface area (Å²) in [6, 6.07) is 1.96. The fourth-order valence-electron chi connectivity index (χ4n) is 3.32. The van der Waals surface area contributed by atoms with Crippen LogP contribution in [-0.4, -0.2) is 34.3 Å². The van der Waals surface area contributed by atoms with Crippen molar-refractivity contribution in [1.29, 1.82) is 0 Å². The first-order valence-electron chi connectivity index (χ1n) is 8.99. The molecule has 1 aliphatic carbocycles. The van der Waals surface area contributed by atoms with E-state index in [9.17, 15) is 4.55 Å². The average molecular weight is 411 g/mol. The number of aromatic nitrogens is 5. The van der Waals surface area contributed by atoms with Crippen LogP contribution in [0.1, 0.15) is 19.3 Å². The van der Waals surface area contributed by atoms with E-state index in [1.807, 2.05) is 23.9 Å². The largest absolute Gasteiger partial charge is 0.611 e. The van der Waals surface area contributed by atoms with Crippen molar-refractivity contribution in [3.63, 3.8) is 0 Å². The standard InChI is InChI=1S/C19H18N6OS2/c1-25-8-15(23-10-25)13-5-14(11-6-21-9-22-7-11)24-18-16(13)17(20)19(27-18)28(26)12-3-2-4-12/h5-10,12H,2-4,20H2,1H3/t28-/m0/s1. The minimum atomic E-state index is -1.09. The van der Waals surface area contributed by atoms with Crippen LogP contribution in [-0.2, 0) is 18.2 Å². The van der Waals surface area contributed by atoms with Crippen LogP contribution in [0, 0.1) is 0 Å². The highest BCUT2D eigenvalue weighted by Gasteiger charge is 2.35. The summed E-state index contributed by atoms with van der Waals surface area (Å²) in [6.07, 6.45) is 11.8. The number of aryl methyl sites for hydroxylation is 1. The fourth-order valence-corrected chi connectivity index (χ4v) is 6.53. The van der Waals surface area contributed by atoms with Gasteiger partial charge in [0.25, 0.3) is 0 Å². The summed E-state index contributed by atoms with van der Waals surface area (Å²) in [5.41, 5.74) is 10.3. The van der Waals surface area contributed by atoms with Gasteiger partial charge in [0.05, 0.1) is 17.7 Å². The predicted octanol–water partition coefficient (Wildman–Crippen LogP) is 3.40. The minimum absolute atomic E-state index is 0.204. The second-order valence-corrected chi connectivity index (χ2v) is 9.87. The van der Waals surface area contributed by atoms with Crippen molar-refractivity contribution in [2.45, 2.75) is 28.7 Å². The molecule has 9 heteroatoms. The molecule has 4 heterocycles. The van der Waals surface area contributed by atoms with Crippen LogP contribution in [0.5, 0.6) is 0 Å². The van der Waals surface area contributed by atoms with Crippen LogP contribution < -0.4 is 5.73 Å². The number of rotatable bonds is 4. The number of hydrogen-bond acceptors (Lipinski definition) is 7. The molecule has 0 aliphatic heterocycles. The van der Waals surface area contributed by atoms with Gasteiger partial charge in [-0.15, -0.1) is 0 Å². The van der Waals surface area contributed by atoms with Gasteiger partial charge in [-0.05, 0) is 25.3 Å². The van der Waals surface area contributed by atoms with Gasteiger partial charge >= 0.3 is 0 Å². The van der Waals surface area contributed by atoms with E-state index >= 15 is 0 Å². The Hall–Kier alpha value is -2.49. The summed E-state index contributed by atoms with van der Waals surface area (Å²) in [5.74, 6) is 0. The molecule has 1 saturated carbocycles. The molecule has 1 atom stereocenters. The fraction of sp³-hybridized carbons (Fsp3) is 0.263. The second kappa shape index (κ2) is 6.84. The monoisotopic (exact) mass is 410 g/mol. The van der Waals surface area contributed by atoms with E-state index in [0.717, 1.165) is 56.2 Å². The summed E-state index contributed by atoms with van der Waals surface area (Å²) in [4.78, 5) is 18.3. The van der Waals surface area contributed by atoms with Crippen molar-refractivity contribution in [3.05, 3.63) is 37.3 Å². The lowest BCUT2D eigenvalue weighted by molar-refractivity contribution is 0.478. The SMILES string of the molecule is Cn1cnc(-c2cc(-c3cncnc3)nc3sc([S@@+]([O-])C4CCC4)c(N)c23)c1. The Balaban J connectivity index is 1.74. The normalized spacial score (nSPS) is 15.6. The van der Waals surface area contributed by atoms with Gasteiger partial charge in [-0.25, -0.2) is 19.9 Å². The maximum absolute atomic E-state index is 13.0. The van der Waals surface area contributed by atoms with Crippen LogP contribution in [0.25, 0.3) is 32.7 Å². The number of anilines is 1. The third kappa shape index (κ3) is 2.86. The van der Waals surface area contributed by atoms with Crippen LogP contribution in [0.4, 0.5) is 5.69 Å². The zero-order valence-corrected chi connectivity index (χ0v) is 16.8. The van der Waals surface area contributed by atoms with Crippen LogP contribution in [0.3, 0.4) is 0 Å². The molecule has 7 nitrogen and oxygen atoms in total. The smallest absolute Gasteiger partial charge is 0.232 e. The Kier molecular flexibility index (Phi) is 4.30. The first-order chi connectivity index (χ1) is 13.6. The predicted molar refractivity (Wildman–Crippen MR) is 111 cm³/mol. The van der Waals surface area contributed by atoms with Crippen molar-refractivity contribution in [2.24, 2.45) is 7.05 Å². The summed E-state index contributed by atoms with van der Waals surface area (Å²) in [7, 11) is 1.93. The molecule has 142 valence electrons. The van der Waals surface area contributed by atoms with E-state index in [4.69, 9.17) is 10.7 Å². The van der Waals surface area contributed by atoms with Crippen LogP contribution in [0.2, 0.25) is 0 Å². The van der Waals surface area contributed by atoms with Gasteiger partial charge in [0.15, 0.2) is 0 Å². The quantitative estimate of drug-likeness (QED) is 0.517. The molecule has 0 spiro atoms. The Morgan fingerprint density at radius 1 is 1.25 bits per heavy atom. The molecule has 0 radical (unpaired) electrons. The second-order valence-electron chi connectivity index (χ2n) is 6.94. The number of nitrogen functional groups attached to an aromatic ring is 1.